The van der Waals surface area contributed by atoms with Crippen molar-refractivity contribution in [3.63, 3.8) is 0 Å². The van der Waals surface area contributed by atoms with Crippen LogP contribution in [0.2, 0.25) is 0 Å². The highest BCUT2D eigenvalue weighted by atomic mass is 79.9. The summed E-state index contributed by atoms with van der Waals surface area (Å²) in [7, 11) is 1.63. The van der Waals surface area contributed by atoms with Crippen LogP contribution in [0, 0.1) is 0 Å². The number of hydrogen-bond donors (Lipinski definition) is 1. The lowest BCUT2D eigenvalue weighted by Gasteiger charge is -2.22. The molecule has 0 aliphatic carbocycles. The molecule has 2 nitrogen and oxygen atoms in total. The highest BCUT2D eigenvalue weighted by molar-refractivity contribution is 9.10. The Bertz CT molecular complexity index is 513. The molecular formula is C16H17BrO2. The second kappa shape index (κ2) is 6.85. The van der Waals surface area contributed by atoms with Crippen molar-refractivity contribution in [2.75, 3.05) is 7.11 Å². The van der Waals surface area contributed by atoms with E-state index in [2.05, 4.69) is 15.9 Å². The van der Waals surface area contributed by atoms with Crippen molar-refractivity contribution in [2.24, 2.45) is 0 Å². The number of aliphatic hydroxyl groups is 1. The van der Waals surface area contributed by atoms with Gasteiger partial charge in [-0.25, -0.2) is 0 Å². The van der Waals surface area contributed by atoms with Gasteiger partial charge in [0.05, 0.1) is 6.10 Å². The topological polar surface area (TPSA) is 29.5 Å². The first kappa shape index (κ1) is 14.3. The molecule has 0 bridgehead atoms. The van der Waals surface area contributed by atoms with E-state index in [1.165, 1.54) is 0 Å². The summed E-state index contributed by atoms with van der Waals surface area (Å²) in [4.78, 5) is 0. The molecule has 2 aromatic rings. The molecule has 0 fully saturated rings. The standard InChI is InChI=1S/C16H17BrO2/c1-19-16(13-7-3-2-4-8-13)15(18)11-12-6-5-9-14(17)10-12/h2-10,15-16,18H,11H2,1H3. The second-order valence-electron chi connectivity index (χ2n) is 4.47. The van der Waals surface area contributed by atoms with E-state index in [9.17, 15) is 5.11 Å². The quantitative estimate of drug-likeness (QED) is 0.909. The van der Waals surface area contributed by atoms with Crippen molar-refractivity contribution in [2.45, 2.75) is 18.6 Å². The normalized spacial score (nSPS) is 14.1. The fourth-order valence-electron chi connectivity index (χ4n) is 2.17. The average molecular weight is 321 g/mol. The minimum atomic E-state index is -0.568. The van der Waals surface area contributed by atoms with Crippen molar-refractivity contribution in [1.29, 1.82) is 0 Å². The molecule has 0 heterocycles. The molecule has 0 aliphatic rings. The van der Waals surface area contributed by atoms with Crippen LogP contribution in [-0.2, 0) is 11.2 Å². The maximum atomic E-state index is 10.4. The Kier molecular flexibility index (Phi) is 5.14. The molecule has 100 valence electrons. The summed E-state index contributed by atoms with van der Waals surface area (Å²) in [6, 6.07) is 17.8. The van der Waals surface area contributed by atoms with E-state index in [1.54, 1.807) is 7.11 Å². The summed E-state index contributed by atoms with van der Waals surface area (Å²) in [5.41, 5.74) is 2.08. The molecule has 0 saturated heterocycles. The van der Waals surface area contributed by atoms with E-state index in [0.717, 1.165) is 15.6 Å². The fraction of sp³-hybridized carbons (Fsp3) is 0.250. The lowest BCUT2D eigenvalue weighted by atomic mass is 9.98. The van der Waals surface area contributed by atoms with Crippen LogP contribution in [0.5, 0.6) is 0 Å². The zero-order chi connectivity index (χ0) is 13.7. The highest BCUT2D eigenvalue weighted by Gasteiger charge is 2.20. The Hall–Kier alpha value is -1.16. The van der Waals surface area contributed by atoms with Crippen LogP contribution >= 0.6 is 15.9 Å². The van der Waals surface area contributed by atoms with Crippen molar-refractivity contribution in [3.05, 3.63) is 70.2 Å². The lowest BCUT2D eigenvalue weighted by molar-refractivity contribution is -0.0128. The Labute approximate surface area is 122 Å². The van der Waals surface area contributed by atoms with Gasteiger partial charge in [-0.05, 0) is 23.3 Å². The van der Waals surface area contributed by atoms with Gasteiger partial charge in [0.1, 0.15) is 6.10 Å². The van der Waals surface area contributed by atoms with Crippen molar-refractivity contribution in [3.8, 4) is 0 Å². The van der Waals surface area contributed by atoms with Crippen molar-refractivity contribution in [1.82, 2.24) is 0 Å². The maximum absolute atomic E-state index is 10.4. The molecule has 2 aromatic carbocycles. The number of aliphatic hydroxyl groups excluding tert-OH is 1. The molecule has 2 rings (SSSR count). The molecule has 0 spiro atoms. The van der Waals surface area contributed by atoms with Gasteiger partial charge in [-0.2, -0.15) is 0 Å². The van der Waals surface area contributed by atoms with Crippen LogP contribution in [0.4, 0.5) is 0 Å². The second-order valence-corrected chi connectivity index (χ2v) is 5.38. The predicted octanol–water partition coefficient (Wildman–Crippen LogP) is 3.74. The van der Waals surface area contributed by atoms with Gasteiger partial charge in [0.25, 0.3) is 0 Å². The number of ether oxygens (including phenoxy) is 1. The zero-order valence-electron chi connectivity index (χ0n) is 10.8. The average Bonchev–Trinajstić information content (AvgIpc) is 2.41. The molecule has 19 heavy (non-hydrogen) atoms. The number of methoxy groups -OCH3 is 1. The van der Waals surface area contributed by atoms with Crippen molar-refractivity contribution < 1.29 is 9.84 Å². The van der Waals surface area contributed by atoms with Crippen LogP contribution in [0.25, 0.3) is 0 Å². The van der Waals surface area contributed by atoms with E-state index < -0.39 is 6.10 Å². The summed E-state index contributed by atoms with van der Waals surface area (Å²) in [5.74, 6) is 0. The minimum Gasteiger partial charge on any atom is -0.390 e. The third-order valence-electron chi connectivity index (χ3n) is 3.07. The number of halogens is 1. The molecule has 1 N–H and O–H groups in total. The van der Waals surface area contributed by atoms with E-state index in [4.69, 9.17) is 4.74 Å². The molecular weight excluding hydrogens is 304 g/mol. The molecule has 0 amide bonds. The number of benzene rings is 2. The first-order valence-electron chi connectivity index (χ1n) is 6.21. The first-order valence-corrected chi connectivity index (χ1v) is 7.00. The Balaban J connectivity index is 2.11. The van der Waals surface area contributed by atoms with Gasteiger partial charge in [0.15, 0.2) is 0 Å². The summed E-state index contributed by atoms with van der Waals surface area (Å²) in [6.07, 6.45) is -0.311. The van der Waals surface area contributed by atoms with E-state index in [1.807, 2.05) is 54.6 Å². The van der Waals surface area contributed by atoms with Crippen LogP contribution in [0.3, 0.4) is 0 Å². The highest BCUT2D eigenvalue weighted by Crippen LogP contribution is 2.23. The third kappa shape index (κ3) is 3.90. The SMILES string of the molecule is COC(c1ccccc1)C(O)Cc1cccc(Br)c1. The monoisotopic (exact) mass is 320 g/mol. The Morgan fingerprint density at radius 1 is 1.11 bits per heavy atom. The molecule has 2 unspecified atom stereocenters. The van der Waals surface area contributed by atoms with Gasteiger partial charge in [0.2, 0.25) is 0 Å². The summed E-state index contributed by atoms with van der Waals surface area (Å²) in [5, 5.41) is 10.4. The largest absolute Gasteiger partial charge is 0.390 e. The first-order chi connectivity index (χ1) is 9.20. The van der Waals surface area contributed by atoms with Gasteiger partial charge in [-0.3, -0.25) is 0 Å². The summed E-state index contributed by atoms with van der Waals surface area (Å²) in [6.45, 7) is 0. The molecule has 0 aromatic heterocycles. The molecule has 2 atom stereocenters. The van der Waals surface area contributed by atoms with Gasteiger partial charge < -0.3 is 9.84 Å². The predicted molar refractivity (Wildman–Crippen MR) is 80.0 cm³/mol. The minimum absolute atomic E-state index is 0.305. The zero-order valence-corrected chi connectivity index (χ0v) is 12.4. The lowest BCUT2D eigenvalue weighted by Crippen LogP contribution is -2.22. The van der Waals surface area contributed by atoms with E-state index >= 15 is 0 Å². The molecule has 3 heteroatoms. The third-order valence-corrected chi connectivity index (χ3v) is 3.56. The van der Waals surface area contributed by atoms with Crippen LogP contribution in [0.15, 0.2) is 59.1 Å². The Morgan fingerprint density at radius 3 is 2.47 bits per heavy atom. The number of hydrogen-bond acceptors (Lipinski definition) is 2. The fourth-order valence-corrected chi connectivity index (χ4v) is 2.62. The molecule has 0 saturated carbocycles. The van der Waals surface area contributed by atoms with E-state index in [0.29, 0.717) is 6.42 Å². The van der Waals surface area contributed by atoms with Crippen molar-refractivity contribution >= 4 is 15.9 Å². The Morgan fingerprint density at radius 2 is 1.84 bits per heavy atom. The van der Waals surface area contributed by atoms with Crippen LogP contribution < -0.4 is 0 Å². The molecule has 0 radical (unpaired) electrons. The van der Waals surface area contributed by atoms with Crippen LogP contribution in [0.1, 0.15) is 17.2 Å². The van der Waals surface area contributed by atoms with Gasteiger partial charge in [-0.15, -0.1) is 0 Å². The summed E-state index contributed by atoms with van der Waals surface area (Å²) < 4.78 is 6.46. The van der Waals surface area contributed by atoms with Crippen LogP contribution in [-0.4, -0.2) is 18.3 Å². The van der Waals surface area contributed by atoms with Gasteiger partial charge >= 0.3 is 0 Å². The summed E-state index contributed by atoms with van der Waals surface area (Å²) >= 11 is 3.44. The maximum Gasteiger partial charge on any atom is 0.108 e. The molecule has 0 aliphatic heterocycles. The van der Waals surface area contributed by atoms with E-state index in [-0.39, 0.29) is 6.10 Å². The van der Waals surface area contributed by atoms with Gasteiger partial charge in [-0.1, -0.05) is 58.4 Å². The number of rotatable bonds is 5. The smallest absolute Gasteiger partial charge is 0.108 e. The van der Waals surface area contributed by atoms with Gasteiger partial charge in [0, 0.05) is 18.0 Å².